The monoisotopic (exact) mass is 322 g/mol. The van der Waals surface area contributed by atoms with E-state index in [4.69, 9.17) is 34.9 Å². The van der Waals surface area contributed by atoms with Gasteiger partial charge >= 0.3 is 10.4 Å². The van der Waals surface area contributed by atoms with Crippen molar-refractivity contribution < 1.29 is 17.5 Å². The number of likely N-dealkylation sites (tertiary alicyclic amines) is 1. The van der Waals surface area contributed by atoms with Crippen molar-refractivity contribution in [1.82, 2.24) is 4.90 Å². The predicted molar refractivity (Wildman–Crippen MR) is 78.1 cm³/mol. The number of hydrogen-bond donors (Lipinski definition) is 3. The summed E-state index contributed by atoms with van der Waals surface area (Å²) in [7, 11) is -4.67. The lowest BCUT2D eigenvalue weighted by Crippen LogP contribution is -2.42. The average Bonchev–Trinajstić information content (AvgIpc) is 2.30. The van der Waals surface area contributed by atoms with Crippen LogP contribution in [-0.4, -0.2) is 41.6 Å². The van der Waals surface area contributed by atoms with Crippen molar-refractivity contribution in [1.29, 1.82) is 0 Å². The first kappa shape index (κ1) is 17.4. The van der Waals surface area contributed by atoms with Gasteiger partial charge in [0.1, 0.15) is 0 Å². The van der Waals surface area contributed by atoms with Crippen LogP contribution in [0.3, 0.4) is 0 Å². The third-order valence-electron chi connectivity index (χ3n) is 2.86. The zero-order chi connectivity index (χ0) is 15.2. The molecule has 0 radical (unpaired) electrons. The Morgan fingerprint density at radius 2 is 1.85 bits per heavy atom. The third-order valence-corrected chi connectivity index (χ3v) is 3.11. The first-order valence-electron chi connectivity index (χ1n) is 6.16. The van der Waals surface area contributed by atoms with Gasteiger partial charge in [-0.3, -0.25) is 14.0 Å². The molecule has 1 aromatic rings. The summed E-state index contributed by atoms with van der Waals surface area (Å²) >= 11 is 5.84. The lowest BCUT2D eigenvalue weighted by Gasteiger charge is -2.30. The van der Waals surface area contributed by atoms with Crippen molar-refractivity contribution in [2.75, 3.05) is 13.1 Å². The number of nitrogens with zero attached hydrogens (tertiary/aromatic N) is 1. The molecular weight excluding hydrogens is 304 g/mol. The molecular formula is C12H19ClN2O4S. The number of benzene rings is 1. The summed E-state index contributed by atoms with van der Waals surface area (Å²) in [4.78, 5) is 2.41. The van der Waals surface area contributed by atoms with Crippen molar-refractivity contribution in [2.45, 2.75) is 25.4 Å². The lowest BCUT2D eigenvalue weighted by molar-refractivity contribution is 0.201. The van der Waals surface area contributed by atoms with Crippen LogP contribution >= 0.6 is 11.6 Å². The van der Waals surface area contributed by atoms with Gasteiger partial charge < -0.3 is 5.73 Å². The van der Waals surface area contributed by atoms with Gasteiger partial charge in [0, 0.05) is 24.2 Å². The molecule has 4 N–H and O–H groups in total. The maximum atomic E-state index is 8.74. The molecule has 1 aliphatic rings. The minimum Gasteiger partial charge on any atom is -0.327 e. The molecule has 8 heteroatoms. The van der Waals surface area contributed by atoms with Crippen LogP contribution in [0.4, 0.5) is 0 Å². The predicted octanol–water partition coefficient (Wildman–Crippen LogP) is 1.61. The highest BCUT2D eigenvalue weighted by Crippen LogP contribution is 2.14. The summed E-state index contributed by atoms with van der Waals surface area (Å²) in [5.74, 6) is 0. The SMILES string of the molecule is NC1CCCN(Cc2ccc(Cl)cc2)C1.O=S(=O)(O)O. The van der Waals surface area contributed by atoms with Crippen LogP contribution < -0.4 is 5.73 Å². The number of rotatable bonds is 2. The summed E-state index contributed by atoms with van der Waals surface area (Å²) in [5, 5.41) is 0.800. The van der Waals surface area contributed by atoms with Gasteiger partial charge in [0.25, 0.3) is 0 Å². The van der Waals surface area contributed by atoms with Crippen LogP contribution in [0.15, 0.2) is 24.3 Å². The minimum absolute atomic E-state index is 0.353. The minimum atomic E-state index is -4.67. The van der Waals surface area contributed by atoms with E-state index < -0.39 is 10.4 Å². The molecule has 0 saturated carbocycles. The molecule has 0 aromatic heterocycles. The van der Waals surface area contributed by atoms with Crippen molar-refractivity contribution in [2.24, 2.45) is 5.73 Å². The quantitative estimate of drug-likeness (QED) is 0.715. The Morgan fingerprint density at radius 1 is 1.30 bits per heavy atom. The normalized spacial score (nSPS) is 20.1. The van der Waals surface area contributed by atoms with Crippen molar-refractivity contribution in [3.63, 3.8) is 0 Å². The molecule has 1 aliphatic heterocycles. The van der Waals surface area contributed by atoms with E-state index in [1.165, 1.54) is 12.0 Å². The molecule has 1 heterocycles. The first-order valence-corrected chi connectivity index (χ1v) is 7.94. The Hall–Kier alpha value is -0.700. The fourth-order valence-electron chi connectivity index (χ4n) is 2.08. The molecule has 0 aliphatic carbocycles. The van der Waals surface area contributed by atoms with E-state index in [-0.39, 0.29) is 0 Å². The van der Waals surface area contributed by atoms with Crippen molar-refractivity contribution in [3.8, 4) is 0 Å². The van der Waals surface area contributed by atoms with Gasteiger partial charge in [0.15, 0.2) is 0 Å². The maximum absolute atomic E-state index is 8.74. The Kier molecular flexibility index (Phi) is 6.87. The van der Waals surface area contributed by atoms with E-state index in [2.05, 4.69) is 17.0 Å². The molecule has 114 valence electrons. The average molecular weight is 323 g/mol. The summed E-state index contributed by atoms with van der Waals surface area (Å²) in [5.41, 5.74) is 7.25. The number of halogens is 1. The zero-order valence-corrected chi connectivity index (χ0v) is 12.5. The van der Waals surface area contributed by atoms with E-state index >= 15 is 0 Å². The standard InChI is InChI=1S/C12H17ClN2.H2O4S/c13-11-5-3-10(4-6-11)8-15-7-1-2-12(14)9-15;1-5(2,3)4/h3-6,12H,1-2,7-9,14H2;(H2,1,2,3,4). The molecule has 20 heavy (non-hydrogen) atoms. The Bertz CT molecular complexity index is 499. The van der Waals surface area contributed by atoms with Gasteiger partial charge in [-0.15, -0.1) is 0 Å². The highest BCUT2D eigenvalue weighted by molar-refractivity contribution is 7.79. The summed E-state index contributed by atoms with van der Waals surface area (Å²) in [6.45, 7) is 3.17. The van der Waals surface area contributed by atoms with Crippen LogP contribution in [0.1, 0.15) is 18.4 Å². The molecule has 1 atom stereocenters. The Balaban J connectivity index is 0.000000347. The molecule has 0 spiro atoms. The highest BCUT2D eigenvalue weighted by atomic mass is 35.5. The third kappa shape index (κ3) is 8.47. The Labute approximate surface area is 124 Å². The van der Waals surface area contributed by atoms with E-state index in [0.29, 0.717) is 6.04 Å². The molecule has 2 rings (SSSR count). The molecule has 1 saturated heterocycles. The first-order chi connectivity index (χ1) is 9.24. The van der Waals surface area contributed by atoms with Crippen molar-refractivity contribution >= 4 is 22.0 Å². The van der Waals surface area contributed by atoms with Gasteiger partial charge in [-0.1, -0.05) is 23.7 Å². The van der Waals surface area contributed by atoms with Gasteiger partial charge in [-0.25, -0.2) is 0 Å². The molecule has 6 nitrogen and oxygen atoms in total. The van der Waals surface area contributed by atoms with Gasteiger partial charge in [0.2, 0.25) is 0 Å². The van der Waals surface area contributed by atoms with Crippen LogP contribution in [0.2, 0.25) is 5.02 Å². The molecule has 0 bridgehead atoms. The van der Waals surface area contributed by atoms with Crippen LogP contribution in [0, 0.1) is 0 Å². The van der Waals surface area contributed by atoms with Crippen LogP contribution in [-0.2, 0) is 16.9 Å². The van der Waals surface area contributed by atoms with Crippen LogP contribution in [0.5, 0.6) is 0 Å². The largest absolute Gasteiger partial charge is 0.394 e. The van der Waals surface area contributed by atoms with Gasteiger partial charge in [-0.05, 0) is 37.1 Å². The van der Waals surface area contributed by atoms with Gasteiger partial charge in [-0.2, -0.15) is 8.42 Å². The molecule has 0 amide bonds. The maximum Gasteiger partial charge on any atom is 0.394 e. The zero-order valence-electron chi connectivity index (χ0n) is 10.9. The summed E-state index contributed by atoms with van der Waals surface area (Å²) in [6.07, 6.45) is 2.38. The fraction of sp³-hybridized carbons (Fsp3) is 0.500. The van der Waals surface area contributed by atoms with Crippen molar-refractivity contribution in [3.05, 3.63) is 34.9 Å². The second-order valence-corrected chi connectivity index (χ2v) is 6.04. The Morgan fingerprint density at radius 3 is 2.35 bits per heavy atom. The lowest BCUT2D eigenvalue weighted by atomic mass is 10.1. The molecule has 1 unspecified atom stereocenters. The number of nitrogens with two attached hydrogens (primary N) is 1. The topological polar surface area (TPSA) is 104 Å². The van der Waals surface area contributed by atoms with E-state index in [1.54, 1.807) is 0 Å². The number of piperidine rings is 1. The molecule has 1 aromatic carbocycles. The fourth-order valence-corrected chi connectivity index (χ4v) is 2.21. The second-order valence-electron chi connectivity index (χ2n) is 4.71. The van der Waals surface area contributed by atoms with E-state index in [0.717, 1.165) is 31.1 Å². The van der Waals surface area contributed by atoms with Gasteiger partial charge in [0.05, 0.1) is 0 Å². The smallest absolute Gasteiger partial charge is 0.327 e. The summed E-state index contributed by atoms with van der Waals surface area (Å²) < 4.78 is 31.6. The van der Waals surface area contributed by atoms with E-state index in [9.17, 15) is 0 Å². The van der Waals surface area contributed by atoms with E-state index in [1.807, 2.05) is 12.1 Å². The number of hydrogen-bond acceptors (Lipinski definition) is 4. The summed E-state index contributed by atoms with van der Waals surface area (Å²) in [6, 6.07) is 8.41. The second kappa shape index (κ2) is 7.92. The van der Waals surface area contributed by atoms with Crippen LogP contribution in [0.25, 0.3) is 0 Å². The molecule has 1 fully saturated rings. The highest BCUT2D eigenvalue weighted by Gasteiger charge is 2.16.